The number of halogens is 1. The number of benzene rings is 1. The van der Waals surface area contributed by atoms with Gasteiger partial charge in [-0.25, -0.2) is 0 Å². The third-order valence-electron chi connectivity index (χ3n) is 5.15. The first kappa shape index (κ1) is 27.7. The number of nitrogens with one attached hydrogen (secondary N) is 1. The highest BCUT2D eigenvalue weighted by molar-refractivity contribution is 6.25. The van der Waals surface area contributed by atoms with Crippen LogP contribution in [0.4, 0.5) is 0 Å². The van der Waals surface area contributed by atoms with Gasteiger partial charge in [0, 0.05) is 5.54 Å². The Morgan fingerprint density at radius 1 is 1.10 bits per heavy atom. The summed E-state index contributed by atoms with van der Waals surface area (Å²) in [6.07, 6.45) is 7.40. The van der Waals surface area contributed by atoms with E-state index in [0.717, 1.165) is 37.1 Å². The van der Waals surface area contributed by atoms with Gasteiger partial charge >= 0.3 is 0 Å². The van der Waals surface area contributed by atoms with E-state index in [4.69, 9.17) is 11.6 Å². The number of hydrogen-bond donors (Lipinski definition) is 1. The van der Waals surface area contributed by atoms with Gasteiger partial charge in [-0.1, -0.05) is 82.7 Å². The Bertz CT molecular complexity index is 667. The van der Waals surface area contributed by atoms with Crippen molar-refractivity contribution in [3.63, 3.8) is 0 Å². The van der Waals surface area contributed by atoms with Gasteiger partial charge in [-0.2, -0.15) is 0 Å². The Morgan fingerprint density at radius 3 is 2.31 bits per heavy atom. The highest BCUT2D eigenvalue weighted by atomic mass is 35.5. The van der Waals surface area contributed by atoms with E-state index in [0.29, 0.717) is 11.8 Å². The molecule has 0 saturated heterocycles. The molecule has 0 bridgehead atoms. The molecule has 0 radical (unpaired) electrons. The molecule has 29 heavy (non-hydrogen) atoms. The van der Waals surface area contributed by atoms with Gasteiger partial charge in [0.1, 0.15) is 0 Å². The summed E-state index contributed by atoms with van der Waals surface area (Å²) < 4.78 is 0. The van der Waals surface area contributed by atoms with Gasteiger partial charge in [0.15, 0.2) is 0 Å². The lowest BCUT2D eigenvalue weighted by Gasteiger charge is -2.18. The molecule has 0 aliphatic rings. The Labute approximate surface area is 186 Å². The molecule has 1 aromatic carbocycles. The van der Waals surface area contributed by atoms with Crippen molar-refractivity contribution in [1.29, 1.82) is 0 Å². The van der Waals surface area contributed by atoms with Crippen LogP contribution >= 0.6 is 11.6 Å². The van der Waals surface area contributed by atoms with Gasteiger partial charge in [-0.05, 0) is 92.8 Å². The van der Waals surface area contributed by atoms with E-state index in [9.17, 15) is 0 Å². The van der Waals surface area contributed by atoms with Crippen LogP contribution in [0.3, 0.4) is 0 Å². The van der Waals surface area contributed by atoms with Crippen LogP contribution in [0, 0.1) is 19.8 Å². The van der Waals surface area contributed by atoms with Crippen LogP contribution in [0.2, 0.25) is 0 Å². The molecule has 1 nitrogen and oxygen atoms in total. The highest BCUT2D eigenvalue weighted by Crippen LogP contribution is 2.25. The minimum atomic E-state index is 0.587. The van der Waals surface area contributed by atoms with Crippen LogP contribution in [0.1, 0.15) is 82.6 Å². The van der Waals surface area contributed by atoms with Gasteiger partial charge in [-0.15, -0.1) is 0 Å². The molecule has 1 unspecified atom stereocenters. The average molecular weight is 418 g/mol. The third kappa shape index (κ3) is 11.5. The van der Waals surface area contributed by atoms with Crippen LogP contribution in [0.15, 0.2) is 47.5 Å². The number of allylic oxidation sites excluding steroid dienone is 3. The van der Waals surface area contributed by atoms with Crippen molar-refractivity contribution in [2.24, 2.45) is 5.92 Å². The summed E-state index contributed by atoms with van der Waals surface area (Å²) in [5.41, 5.74) is 9.62. The molecular formula is C27H44ClN. The SMILES string of the molecule is C=C(/C=C\C(C)=C/Cl)CCNCC(C)CCc1cc(C)c(C)cc1C(C)C.CC. The second kappa shape index (κ2) is 15.5. The van der Waals surface area contributed by atoms with Crippen molar-refractivity contribution in [3.8, 4) is 0 Å². The Hall–Kier alpha value is -1.31. The zero-order valence-electron chi connectivity index (χ0n) is 20.2. The maximum absolute atomic E-state index is 5.66. The molecule has 1 atom stereocenters. The van der Waals surface area contributed by atoms with Crippen molar-refractivity contribution < 1.29 is 0 Å². The maximum Gasteiger partial charge on any atom is 0.00717 e. The first-order chi connectivity index (χ1) is 13.7. The van der Waals surface area contributed by atoms with Crippen molar-refractivity contribution in [2.45, 2.75) is 80.6 Å². The van der Waals surface area contributed by atoms with Crippen molar-refractivity contribution >= 4 is 11.6 Å². The van der Waals surface area contributed by atoms with E-state index >= 15 is 0 Å². The molecule has 164 valence electrons. The fourth-order valence-electron chi connectivity index (χ4n) is 3.12. The van der Waals surface area contributed by atoms with E-state index in [1.807, 2.05) is 32.9 Å². The molecule has 1 N–H and O–H groups in total. The second-order valence-corrected chi connectivity index (χ2v) is 8.45. The summed E-state index contributed by atoms with van der Waals surface area (Å²) in [6, 6.07) is 4.79. The Morgan fingerprint density at radius 2 is 1.72 bits per heavy atom. The predicted molar refractivity (Wildman–Crippen MR) is 134 cm³/mol. The molecule has 0 heterocycles. The topological polar surface area (TPSA) is 12.0 Å². The van der Waals surface area contributed by atoms with E-state index in [1.54, 1.807) is 5.54 Å². The van der Waals surface area contributed by atoms with Gasteiger partial charge < -0.3 is 5.32 Å². The van der Waals surface area contributed by atoms with Gasteiger partial charge in [0.25, 0.3) is 0 Å². The van der Waals surface area contributed by atoms with Crippen LogP contribution < -0.4 is 5.32 Å². The largest absolute Gasteiger partial charge is 0.316 e. The molecular weight excluding hydrogens is 374 g/mol. The molecule has 0 aliphatic heterocycles. The van der Waals surface area contributed by atoms with Crippen molar-refractivity contribution in [3.05, 3.63) is 69.8 Å². The Balaban J connectivity index is 0.00000379. The monoisotopic (exact) mass is 417 g/mol. The molecule has 0 aliphatic carbocycles. The lowest BCUT2D eigenvalue weighted by Crippen LogP contribution is -2.23. The third-order valence-corrected chi connectivity index (χ3v) is 5.50. The molecule has 0 spiro atoms. The molecule has 1 rings (SSSR count). The zero-order chi connectivity index (χ0) is 22.4. The van der Waals surface area contributed by atoms with Gasteiger partial charge in [0.05, 0.1) is 0 Å². The van der Waals surface area contributed by atoms with Crippen LogP contribution in [0.25, 0.3) is 0 Å². The first-order valence-electron chi connectivity index (χ1n) is 11.2. The molecule has 2 heteroatoms. The fraction of sp³-hybridized carbons (Fsp3) is 0.556. The van der Waals surface area contributed by atoms with Crippen molar-refractivity contribution in [1.82, 2.24) is 5.32 Å². The standard InChI is InChI=1S/C25H38ClN.C2H6/c1-18(2)25-15-23(7)22(6)14-24(25)11-10-21(5)17-27-13-12-19(3)8-9-20(4)16-26;1-2/h8-9,14-16,18,21,27H,3,10-13,17H2,1-2,4-7H3;1-2H3/b9-8-,20-16-;. The normalized spacial score (nSPS) is 12.8. The predicted octanol–water partition coefficient (Wildman–Crippen LogP) is 8.26. The first-order valence-corrected chi connectivity index (χ1v) is 11.6. The number of hydrogen-bond acceptors (Lipinski definition) is 1. The zero-order valence-corrected chi connectivity index (χ0v) is 20.9. The van der Waals surface area contributed by atoms with E-state index in [1.165, 1.54) is 28.7 Å². The fourth-order valence-corrected chi connectivity index (χ4v) is 3.20. The number of aryl methyl sites for hydroxylation is 3. The average Bonchev–Trinajstić information content (AvgIpc) is 2.71. The van der Waals surface area contributed by atoms with Crippen LogP contribution in [-0.4, -0.2) is 13.1 Å². The molecule has 0 saturated carbocycles. The smallest absolute Gasteiger partial charge is 0.00717 e. The van der Waals surface area contributed by atoms with Gasteiger partial charge in [-0.3, -0.25) is 0 Å². The Kier molecular flexibility index (Phi) is 14.8. The number of rotatable bonds is 11. The van der Waals surface area contributed by atoms with E-state index < -0.39 is 0 Å². The van der Waals surface area contributed by atoms with Crippen LogP contribution in [-0.2, 0) is 6.42 Å². The molecule has 0 amide bonds. The minimum Gasteiger partial charge on any atom is -0.316 e. The lowest BCUT2D eigenvalue weighted by molar-refractivity contribution is 0.482. The van der Waals surface area contributed by atoms with E-state index in [2.05, 4.69) is 58.6 Å². The molecule has 1 aromatic rings. The quantitative estimate of drug-likeness (QED) is 0.282. The summed E-state index contributed by atoms with van der Waals surface area (Å²) in [5.74, 6) is 1.25. The van der Waals surface area contributed by atoms with Crippen LogP contribution in [0.5, 0.6) is 0 Å². The van der Waals surface area contributed by atoms with Crippen molar-refractivity contribution in [2.75, 3.05) is 13.1 Å². The second-order valence-electron chi connectivity index (χ2n) is 8.23. The molecule has 0 aromatic heterocycles. The summed E-state index contributed by atoms with van der Waals surface area (Å²) in [4.78, 5) is 0. The van der Waals surface area contributed by atoms with Gasteiger partial charge in [0.2, 0.25) is 0 Å². The van der Waals surface area contributed by atoms with E-state index in [-0.39, 0.29) is 0 Å². The highest BCUT2D eigenvalue weighted by Gasteiger charge is 2.10. The summed E-state index contributed by atoms with van der Waals surface area (Å²) >= 11 is 5.66. The lowest BCUT2D eigenvalue weighted by atomic mass is 9.89. The maximum atomic E-state index is 5.66. The summed E-state index contributed by atoms with van der Waals surface area (Å²) in [7, 11) is 0. The minimum absolute atomic E-state index is 0.587. The molecule has 0 fully saturated rings. The summed E-state index contributed by atoms with van der Waals surface area (Å²) in [5, 5.41) is 3.58. The summed E-state index contributed by atoms with van der Waals surface area (Å²) in [6.45, 7) is 23.5.